The zero-order valence-corrected chi connectivity index (χ0v) is 7.88. The van der Waals surface area contributed by atoms with Gasteiger partial charge in [0.1, 0.15) is 0 Å². The Morgan fingerprint density at radius 3 is 2.93 bits per heavy atom. The van der Waals surface area contributed by atoms with Crippen molar-refractivity contribution in [3.05, 3.63) is 0 Å². The first-order chi connectivity index (χ1) is 6.59. The van der Waals surface area contributed by atoms with Crippen LogP contribution < -0.4 is 11.2 Å². The molecule has 1 heterocycles. The van der Waals surface area contributed by atoms with Crippen LogP contribution in [0.15, 0.2) is 0 Å². The van der Waals surface area contributed by atoms with Crippen molar-refractivity contribution in [1.82, 2.24) is 10.3 Å². The number of rotatable bonds is 3. The fourth-order valence-electron chi connectivity index (χ4n) is 1.54. The summed E-state index contributed by atoms with van der Waals surface area (Å²) >= 11 is 0. The summed E-state index contributed by atoms with van der Waals surface area (Å²) in [6.07, 6.45) is -0.928. The van der Waals surface area contributed by atoms with E-state index >= 15 is 0 Å². The van der Waals surface area contributed by atoms with E-state index in [9.17, 15) is 13.6 Å². The quantitative estimate of drug-likeness (QED) is 0.638. The molecule has 4 nitrogen and oxygen atoms in total. The van der Waals surface area contributed by atoms with E-state index in [1.54, 1.807) is 5.01 Å². The largest absolute Gasteiger partial charge is 0.350 e. The highest BCUT2D eigenvalue weighted by Crippen LogP contribution is 2.13. The van der Waals surface area contributed by atoms with Gasteiger partial charge in [0.25, 0.3) is 6.43 Å². The van der Waals surface area contributed by atoms with Gasteiger partial charge in [-0.15, -0.1) is 0 Å². The molecule has 0 unspecified atom stereocenters. The maximum absolute atomic E-state index is 11.8. The first kappa shape index (κ1) is 11.3. The van der Waals surface area contributed by atoms with Gasteiger partial charge in [-0.05, 0) is 12.8 Å². The van der Waals surface area contributed by atoms with E-state index in [0.717, 1.165) is 19.4 Å². The molecule has 1 saturated heterocycles. The van der Waals surface area contributed by atoms with Gasteiger partial charge < -0.3 is 5.32 Å². The first-order valence-electron chi connectivity index (χ1n) is 4.65. The van der Waals surface area contributed by atoms with Crippen LogP contribution in [-0.4, -0.2) is 37.0 Å². The summed E-state index contributed by atoms with van der Waals surface area (Å²) in [6.45, 7) is 0.646. The molecule has 0 aromatic heterocycles. The number of nitrogens with two attached hydrogens (primary N) is 1. The Bertz CT molecular complexity index is 201. The number of carbonyl (C=O) groups excluding carboxylic acids is 1. The molecule has 0 saturated carbocycles. The molecule has 1 aliphatic rings. The van der Waals surface area contributed by atoms with Crippen molar-refractivity contribution in [3.8, 4) is 0 Å². The van der Waals surface area contributed by atoms with Gasteiger partial charge in [-0.25, -0.2) is 13.8 Å². The highest BCUT2D eigenvalue weighted by atomic mass is 19.3. The van der Waals surface area contributed by atoms with Crippen molar-refractivity contribution in [1.29, 1.82) is 0 Å². The topological polar surface area (TPSA) is 58.4 Å². The van der Waals surface area contributed by atoms with Gasteiger partial charge in [-0.3, -0.25) is 10.6 Å². The van der Waals surface area contributed by atoms with Crippen LogP contribution in [0.1, 0.15) is 12.8 Å². The molecule has 1 rings (SSSR count). The maximum Gasteiger partial charge on any atom is 0.255 e. The number of hydrazine groups is 1. The Labute approximate surface area is 81.4 Å². The van der Waals surface area contributed by atoms with Crippen molar-refractivity contribution in [2.45, 2.75) is 19.3 Å². The Kier molecular flexibility index (Phi) is 4.21. The molecule has 3 N–H and O–H groups in total. The summed E-state index contributed by atoms with van der Waals surface area (Å²) in [7, 11) is 0. The van der Waals surface area contributed by atoms with Gasteiger partial charge in [0.2, 0.25) is 5.91 Å². The molecule has 0 radical (unpaired) electrons. The van der Waals surface area contributed by atoms with E-state index < -0.39 is 13.0 Å². The van der Waals surface area contributed by atoms with Gasteiger partial charge in [-0.1, -0.05) is 0 Å². The van der Waals surface area contributed by atoms with Crippen molar-refractivity contribution in [2.24, 2.45) is 11.8 Å². The molecule has 1 atom stereocenters. The summed E-state index contributed by atoms with van der Waals surface area (Å²) in [4.78, 5) is 11.3. The SMILES string of the molecule is NN1CCC[C@@H](C(=O)NCC(F)F)C1. The second-order valence-corrected chi connectivity index (χ2v) is 3.47. The van der Waals surface area contributed by atoms with E-state index in [1.807, 2.05) is 0 Å². The fourth-order valence-corrected chi connectivity index (χ4v) is 1.54. The Hall–Kier alpha value is -0.750. The lowest BCUT2D eigenvalue weighted by atomic mass is 9.98. The minimum absolute atomic E-state index is 0.243. The predicted molar refractivity (Wildman–Crippen MR) is 47.5 cm³/mol. The van der Waals surface area contributed by atoms with Crippen LogP contribution >= 0.6 is 0 Å². The smallest absolute Gasteiger partial charge is 0.255 e. The summed E-state index contributed by atoms with van der Waals surface area (Å²) in [6, 6.07) is 0. The molecular weight excluding hydrogens is 192 g/mol. The van der Waals surface area contributed by atoms with Crippen LogP contribution in [0.4, 0.5) is 8.78 Å². The van der Waals surface area contributed by atoms with Crippen LogP contribution in [-0.2, 0) is 4.79 Å². The lowest BCUT2D eigenvalue weighted by molar-refractivity contribution is -0.127. The molecule has 0 aliphatic carbocycles. The molecule has 1 aliphatic heterocycles. The minimum Gasteiger partial charge on any atom is -0.350 e. The van der Waals surface area contributed by atoms with Gasteiger partial charge in [-0.2, -0.15) is 0 Å². The van der Waals surface area contributed by atoms with Crippen molar-refractivity contribution in [2.75, 3.05) is 19.6 Å². The van der Waals surface area contributed by atoms with E-state index in [2.05, 4.69) is 5.32 Å². The first-order valence-corrected chi connectivity index (χ1v) is 4.65. The van der Waals surface area contributed by atoms with E-state index in [0.29, 0.717) is 6.54 Å². The second kappa shape index (κ2) is 5.21. The van der Waals surface area contributed by atoms with Crippen molar-refractivity contribution < 1.29 is 13.6 Å². The van der Waals surface area contributed by atoms with Crippen LogP contribution in [0.5, 0.6) is 0 Å². The minimum atomic E-state index is -2.49. The van der Waals surface area contributed by atoms with Crippen LogP contribution in [0.3, 0.4) is 0 Å². The molecule has 14 heavy (non-hydrogen) atoms. The number of piperidine rings is 1. The van der Waals surface area contributed by atoms with E-state index in [1.165, 1.54) is 0 Å². The maximum atomic E-state index is 11.8. The highest BCUT2D eigenvalue weighted by Gasteiger charge is 2.24. The monoisotopic (exact) mass is 207 g/mol. The lowest BCUT2D eigenvalue weighted by Gasteiger charge is -2.28. The third-order valence-electron chi connectivity index (χ3n) is 2.25. The van der Waals surface area contributed by atoms with Crippen LogP contribution in [0.25, 0.3) is 0 Å². The zero-order valence-electron chi connectivity index (χ0n) is 7.88. The molecule has 0 aromatic carbocycles. The number of hydrogen-bond donors (Lipinski definition) is 2. The Balaban J connectivity index is 2.29. The molecule has 0 aromatic rings. The Morgan fingerprint density at radius 1 is 1.64 bits per heavy atom. The van der Waals surface area contributed by atoms with Crippen molar-refractivity contribution in [3.63, 3.8) is 0 Å². The average Bonchev–Trinajstić information content (AvgIpc) is 2.14. The summed E-state index contributed by atoms with van der Waals surface area (Å²) < 4.78 is 23.6. The standard InChI is InChI=1S/C8H15F2N3O/c9-7(10)4-12-8(14)6-2-1-3-13(11)5-6/h6-7H,1-5,11H2,(H,12,14)/t6-/m1/s1. The molecule has 0 bridgehead atoms. The number of alkyl halides is 2. The van der Waals surface area contributed by atoms with Gasteiger partial charge >= 0.3 is 0 Å². The number of nitrogens with one attached hydrogen (secondary N) is 1. The highest BCUT2D eigenvalue weighted by molar-refractivity contribution is 5.78. The summed E-state index contributed by atoms with van der Waals surface area (Å²) in [5.41, 5.74) is 0. The molecular formula is C8H15F2N3O. The molecule has 82 valence electrons. The molecule has 1 fully saturated rings. The lowest BCUT2D eigenvalue weighted by Crippen LogP contribution is -2.46. The summed E-state index contributed by atoms with van der Waals surface area (Å²) in [5, 5.41) is 3.75. The number of amides is 1. The van der Waals surface area contributed by atoms with E-state index in [4.69, 9.17) is 5.84 Å². The van der Waals surface area contributed by atoms with E-state index in [-0.39, 0.29) is 11.8 Å². The predicted octanol–water partition coefficient (Wildman–Crippen LogP) is -0.0466. The molecule has 0 spiro atoms. The zero-order chi connectivity index (χ0) is 10.6. The molecule has 1 amide bonds. The number of nitrogens with zero attached hydrogens (tertiary/aromatic N) is 1. The van der Waals surface area contributed by atoms with Gasteiger partial charge in [0.15, 0.2) is 0 Å². The van der Waals surface area contributed by atoms with Gasteiger partial charge in [0, 0.05) is 13.1 Å². The van der Waals surface area contributed by atoms with Crippen molar-refractivity contribution >= 4 is 5.91 Å². The normalized spacial score (nSPS) is 23.9. The Morgan fingerprint density at radius 2 is 2.36 bits per heavy atom. The number of carbonyl (C=O) groups is 1. The van der Waals surface area contributed by atoms with Crippen LogP contribution in [0.2, 0.25) is 0 Å². The number of hydrogen-bond acceptors (Lipinski definition) is 3. The van der Waals surface area contributed by atoms with Gasteiger partial charge in [0.05, 0.1) is 12.5 Å². The third-order valence-corrected chi connectivity index (χ3v) is 2.25. The average molecular weight is 207 g/mol. The second-order valence-electron chi connectivity index (χ2n) is 3.47. The number of halogens is 2. The summed E-state index contributed by atoms with van der Waals surface area (Å²) in [5.74, 6) is 4.96. The third kappa shape index (κ3) is 3.55. The van der Waals surface area contributed by atoms with Crippen LogP contribution in [0, 0.1) is 5.92 Å². The molecule has 6 heteroatoms. The fraction of sp³-hybridized carbons (Fsp3) is 0.875.